The number of para-hydroxylation sites is 1. The molecule has 0 aromatic heterocycles. The molecule has 1 atom stereocenters. The number of hydrogen-bond donors (Lipinski definition) is 2. The number of ether oxygens (including phenoxy) is 2. The van der Waals surface area contributed by atoms with E-state index < -0.39 is 0 Å². The van der Waals surface area contributed by atoms with Crippen LogP contribution in [0.5, 0.6) is 5.75 Å². The molecule has 19 heavy (non-hydrogen) atoms. The van der Waals surface area contributed by atoms with Gasteiger partial charge in [0, 0.05) is 13.2 Å². The maximum Gasteiger partial charge on any atom is 0.122 e. The van der Waals surface area contributed by atoms with Crippen LogP contribution in [0.25, 0.3) is 0 Å². The minimum Gasteiger partial charge on any atom is -0.496 e. The Bertz CT molecular complexity index is 391. The SMILES string of the molecule is COCC(CO)NC1CC(c2ccccc2OC)C1. The van der Waals surface area contributed by atoms with Gasteiger partial charge in [-0.15, -0.1) is 0 Å². The maximum atomic E-state index is 9.23. The number of methoxy groups -OCH3 is 2. The molecule has 2 rings (SSSR count). The zero-order valence-electron chi connectivity index (χ0n) is 11.6. The molecular weight excluding hydrogens is 242 g/mol. The molecule has 1 aliphatic rings. The Balaban J connectivity index is 1.85. The molecule has 4 heteroatoms. The summed E-state index contributed by atoms with van der Waals surface area (Å²) in [5, 5.41) is 12.7. The van der Waals surface area contributed by atoms with Gasteiger partial charge in [-0.2, -0.15) is 0 Å². The van der Waals surface area contributed by atoms with Crippen LogP contribution in [0.3, 0.4) is 0 Å². The Morgan fingerprint density at radius 1 is 1.32 bits per heavy atom. The molecule has 0 spiro atoms. The minimum absolute atomic E-state index is 0.0358. The fraction of sp³-hybridized carbons (Fsp3) is 0.600. The molecule has 1 unspecified atom stereocenters. The van der Waals surface area contributed by atoms with Gasteiger partial charge in [-0.05, 0) is 30.4 Å². The van der Waals surface area contributed by atoms with E-state index in [2.05, 4.69) is 17.4 Å². The molecule has 0 bridgehead atoms. The molecule has 0 heterocycles. The zero-order valence-corrected chi connectivity index (χ0v) is 11.6. The summed E-state index contributed by atoms with van der Waals surface area (Å²) in [5.74, 6) is 1.53. The molecule has 0 radical (unpaired) electrons. The first-order chi connectivity index (χ1) is 9.28. The number of nitrogens with one attached hydrogen (secondary N) is 1. The lowest BCUT2D eigenvalue weighted by molar-refractivity contribution is 0.109. The standard InChI is InChI=1S/C15H23NO3/c1-18-10-13(9-17)16-12-7-11(8-12)14-5-3-4-6-15(14)19-2/h3-6,11-13,16-17H,7-10H2,1-2H3. The molecule has 106 valence electrons. The summed E-state index contributed by atoms with van der Waals surface area (Å²) in [6.07, 6.45) is 2.17. The summed E-state index contributed by atoms with van der Waals surface area (Å²) >= 11 is 0. The topological polar surface area (TPSA) is 50.7 Å². The minimum atomic E-state index is 0.0358. The van der Waals surface area contributed by atoms with Crippen molar-refractivity contribution in [1.82, 2.24) is 5.32 Å². The Morgan fingerprint density at radius 3 is 2.68 bits per heavy atom. The van der Waals surface area contributed by atoms with Gasteiger partial charge < -0.3 is 19.9 Å². The maximum absolute atomic E-state index is 9.23. The quantitative estimate of drug-likeness (QED) is 0.785. The van der Waals surface area contributed by atoms with Crippen LogP contribution in [0.4, 0.5) is 0 Å². The van der Waals surface area contributed by atoms with E-state index in [9.17, 15) is 5.11 Å². The highest BCUT2D eigenvalue weighted by molar-refractivity contribution is 5.37. The molecule has 0 amide bonds. The monoisotopic (exact) mass is 265 g/mol. The van der Waals surface area contributed by atoms with Crippen LogP contribution in [0, 0.1) is 0 Å². The molecule has 1 saturated carbocycles. The molecular formula is C15H23NO3. The van der Waals surface area contributed by atoms with E-state index in [1.807, 2.05) is 12.1 Å². The molecule has 1 aromatic carbocycles. The van der Waals surface area contributed by atoms with Crippen LogP contribution in [0.1, 0.15) is 24.3 Å². The van der Waals surface area contributed by atoms with Crippen LogP contribution in [-0.2, 0) is 4.74 Å². The Hall–Kier alpha value is -1.10. The normalized spacial score (nSPS) is 23.7. The second-order valence-electron chi connectivity index (χ2n) is 5.11. The predicted octanol–water partition coefficient (Wildman–Crippen LogP) is 1.54. The smallest absolute Gasteiger partial charge is 0.122 e. The van der Waals surface area contributed by atoms with Crippen molar-refractivity contribution in [2.24, 2.45) is 0 Å². The molecule has 1 aliphatic carbocycles. The van der Waals surface area contributed by atoms with Crippen molar-refractivity contribution in [2.45, 2.75) is 30.8 Å². The summed E-state index contributed by atoms with van der Waals surface area (Å²) in [5.41, 5.74) is 1.29. The first-order valence-electron chi connectivity index (χ1n) is 6.77. The Labute approximate surface area is 114 Å². The van der Waals surface area contributed by atoms with E-state index in [0.717, 1.165) is 18.6 Å². The summed E-state index contributed by atoms with van der Waals surface area (Å²) in [7, 11) is 3.37. The number of aliphatic hydroxyl groups excluding tert-OH is 1. The average Bonchev–Trinajstić information content (AvgIpc) is 2.41. The fourth-order valence-corrected chi connectivity index (χ4v) is 2.70. The van der Waals surface area contributed by atoms with Gasteiger partial charge in [-0.1, -0.05) is 18.2 Å². The summed E-state index contributed by atoms with van der Waals surface area (Å²) in [4.78, 5) is 0. The highest BCUT2D eigenvalue weighted by Gasteiger charge is 2.32. The molecule has 4 nitrogen and oxygen atoms in total. The largest absolute Gasteiger partial charge is 0.496 e. The van der Waals surface area contributed by atoms with Gasteiger partial charge in [0.05, 0.1) is 26.4 Å². The van der Waals surface area contributed by atoms with E-state index in [0.29, 0.717) is 18.6 Å². The van der Waals surface area contributed by atoms with E-state index in [4.69, 9.17) is 9.47 Å². The molecule has 1 fully saturated rings. The summed E-state index contributed by atoms with van der Waals surface area (Å²) in [6.45, 7) is 0.663. The molecule has 0 saturated heterocycles. The van der Waals surface area contributed by atoms with Gasteiger partial charge in [-0.25, -0.2) is 0 Å². The molecule has 1 aromatic rings. The van der Waals surface area contributed by atoms with E-state index in [-0.39, 0.29) is 12.6 Å². The number of benzene rings is 1. The van der Waals surface area contributed by atoms with Gasteiger partial charge in [0.1, 0.15) is 5.75 Å². The second kappa shape index (κ2) is 6.89. The number of hydrogen-bond acceptors (Lipinski definition) is 4. The highest BCUT2D eigenvalue weighted by atomic mass is 16.5. The Kier molecular flexibility index (Phi) is 5.19. The van der Waals surface area contributed by atoms with Crippen LogP contribution < -0.4 is 10.1 Å². The van der Waals surface area contributed by atoms with E-state index in [1.165, 1.54) is 5.56 Å². The predicted molar refractivity (Wildman–Crippen MR) is 74.6 cm³/mol. The summed E-state index contributed by atoms with van der Waals surface area (Å²) < 4.78 is 10.5. The van der Waals surface area contributed by atoms with Crippen molar-refractivity contribution < 1.29 is 14.6 Å². The van der Waals surface area contributed by atoms with Crippen LogP contribution in [0.2, 0.25) is 0 Å². The van der Waals surface area contributed by atoms with Crippen LogP contribution in [0.15, 0.2) is 24.3 Å². The van der Waals surface area contributed by atoms with E-state index in [1.54, 1.807) is 14.2 Å². The van der Waals surface area contributed by atoms with Crippen molar-refractivity contribution in [3.63, 3.8) is 0 Å². The van der Waals surface area contributed by atoms with Crippen LogP contribution in [-0.4, -0.2) is 44.6 Å². The number of aliphatic hydroxyl groups is 1. The van der Waals surface area contributed by atoms with Gasteiger partial charge in [0.2, 0.25) is 0 Å². The van der Waals surface area contributed by atoms with Crippen molar-refractivity contribution in [2.75, 3.05) is 27.4 Å². The molecule has 0 aliphatic heterocycles. The van der Waals surface area contributed by atoms with Gasteiger partial charge in [0.15, 0.2) is 0 Å². The van der Waals surface area contributed by atoms with Crippen molar-refractivity contribution >= 4 is 0 Å². The van der Waals surface area contributed by atoms with Crippen molar-refractivity contribution in [3.8, 4) is 5.75 Å². The van der Waals surface area contributed by atoms with Gasteiger partial charge in [-0.3, -0.25) is 0 Å². The third kappa shape index (κ3) is 3.47. The second-order valence-corrected chi connectivity index (χ2v) is 5.11. The van der Waals surface area contributed by atoms with E-state index >= 15 is 0 Å². The lowest BCUT2D eigenvalue weighted by Crippen LogP contribution is -2.48. The lowest BCUT2D eigenvalue weighted by atomic mass is 9.75. The van der Waals surface area contributed by atoms with Gasteiger partial charge in [0.25, 0.3) is 0 Å². The fourth-order valence-electron chi connectivity index (χ4n) is 2.70. The van der Waals surface area contributed by atoms with Crippen molar-refractivity contribution in [3.05, 3.63) is 29.8 Å². The van der Waals surface area contributed by atoms with Crippen molar-refractivity contribution in [1.29, 1.82) is 0 Å². The molecule has 2 N–H and O–H groups in total. The third-order valence-electron chi connectivity index (χ3n) is 3.78. The first kappa shape index (κ1) is 14.3. The Morgan fingerprint density at radius 2 is 2.05 bits per heavy atom. The highest BCUT2D eigenvalue weighted by Crippen LogP contribution is 2.41. The van der Waals surface area contributed by atoms with Crippen LogP contribution >= 0.6 is 0 Å². The van der Waals surface area contributed by atoms with Gasteiger partial charge >= 0.3 is 0 Å². The number of rotatable bonds is 7. The summed E-state index contributed by atoms with van der Waals surface area (Å²) in [6, 6.07) is 8.70. The lowest BCUT2D eigenvalue weighted by Gasteiger charge is -2.38. The average molecular weight is 265 g/mol. The third-order valence-corrected chi connectivity index (χ3v) is 3.78. The first-order valence-corrected chi connectivity index (χ1v) is 6.77. The zero-order chi connectivity index (χ0) is 13.7.